The van der Waals surface area contributed by atoms with E-state index >= 15 is 0 Å². The molecule has 2 bridgehead atoms. The number of aliphatic carboxylic acids is 1. The largest absolute Gasteiger partial charge is 0.481 e. The lowest BCUT2D eigenvalue weighted by molar-refractivity contribution is -0.576. The van der Waals surface area contributed by atoms with Gasteiger partial charge in [-0.05, 0) is 38.0 Å². The van der Waals surface area contributed by atoms with Gasteiger partial charge in [0.2, 0.25) is 12.1 Å². The Labute approximate surface area is 159 Å². The van der Waals surface area contributed by atoms with Crippen molar-refractivity contribution in [1.82, 2.24) is 0 Å². The van der Waals surface area contributed by atoms with Crippen molar-refractivity contribution in [1.29, 1.82) is 0 Å². The van der Waals surface area contributed by atoms with Gasteiger partial charge in [-0.3, -0.25) is 4.79 Å². The van der Waals surface area contributed by atoms with Crippen molar-refractivity contribution in [3.05, 3.63) is 12.3 Å². The van der Waals surface area contributed by atoms with Gasteiger partial charge in [0.25, 0.3) is 0 Å². The Morgan fingerprint density at radius 3 is 2.70 bits per heavy atom. The Kier molecular flexibility index (Phi) is 4.78. The Morgan fingerprint density at radius 2 is 1.96 bits per heavy atom. The van der Waals surface area contributed by atoms with E-state index in [0.29, 0.717) is 17.6 Å². The maximum absolute atomic E-state index is 10.8. The number of carboxylic acids is 1. The van der Waals surface area contributed by atoms with Crippen LogP contribution < -0.4 is 0 Å². The number of carbonyl (C=O) groups is 1. The van der Waals surface area contributed by atoms with E-state index in [0.717, 1.165) is 25.7 Å². The highest BCUT2D eigenvalue weighted by Crippen LogP contribution is 2.60. The van der Waals surface area contributed by atoms with Gasteiger partial charge < -0.3 is 19.3 Å². The third-order valence-corrected chi connectivity index (χ3v) is 7.00. The number of carboxylic acid groups (broad SMARTS) is 1. The summed E-state index contributed by atoms with van der Waals surface area (Å²) in [6.45, 7) is 10.1. The zero-order valence-corrected chi connectivity index (χ0v) is 16.3. The van der Waals surface area contributed by atoms with E-state index in [1.165, 1.54) is 0 Å². The topological polar surface area (TPSA) is 83.5 Å². The summed E-state index contributed by atoms with van der Waals surface area (Å²) >= 11 is 0. The molecule has 1 N–H and O–H groups in total. The summed E-state index contributed by atoms with van der Waals surface area (Å²) in [5, 5.41) is 8.87. The smallest absolute Gasteiger partial charge is 0.303 e. The normalized spacial score (nSPS) is 48.4. The second-order valence-corrected chi connectivity index (χ2v) is 8.82. The maximum Gasteiger partial charge on any atom is 0.303 e. The van der Waals surface area contributed by atoms with Gasteiger partial charge in [-0.1, -0.05) is 20.4 Å². The molecule has 1 spiro atoms. The van der Waals surface area contributed by atoms with Crippen LogP contribution in [0.5, 0.6) is 0 Å². The molecule has 5 rings (SSSR count). The molecule has 4 aliphatic heterocycles. The quantitative estimate of drug-likeness (QED) is 0.575. The average molecular weight is 382 g/mol. The molecule has 7 heteroatoms. The fraction of sp³-hybridized carbons (Fsp3) is 0.850. The molecular weight excluding hydrogens is 352 g/mol. The second-order valence-electron chi connectivity index (χ2n) is 8.82. The molecule has 0 aromatic heterocycles. The highest BCUT2D eigenvalue weighted by molar-refractivity contribution is 5.66. The Balaban J connectivity index is 1.58. The fourth-order valence-corrected chi connectivity index (χ4v) is 5.48. The van der Waals surface area contributed by atoms with Crippen molar-refractivity contribution >= 4 is 5.97 Å². The molecule has 0 unspecified atom stereocenters. The first-order valence-corrected chi connectivity index (χ1v) is 10.0. The molecule has 4 heterocycles. The lowest BCUT2D eigenvalue weighted by Gasteiger charge is -2.60. The molecular formula is C20H30O7. The van der Waals surface area contributed by atoms with Gasteiger partial charge in [0.1, 0.15) is 0 Å². The summed E-state index contributed by atoms with van der Waals surface area (Å²) < 4.78 is 18.5. The van der Waals surface area contributed by atoms with Gasteiger partial charge in [0, 0.05) is 24.7 Å². The fourth-order valence-electron chi connectivity index (χ4n) is 5.48. The van der Waals surface area contributed by atoms with Crippen LogP contribution in [0.25, 0.3) is 0 Å². The molecule has 5 fully saturated rings. The van der Waals surface area contributed by atoms with Crippen molar-refractivity contribution < 1.29 is 33.9 Å². The lowest BCUT2D eigenvalue weighted by Crippen LogP contribution is -2.70. The van der Waals surface area contributed by atoms with Crippen LogP contribution in [-0.4, -0.2) is 35.0 Å². The summed E-state index contributed by atoms with van der Waals surface area (Å²) in [5.41, 5.74) is -0.616. The van der Waals surface area contributed by atoms with Gasteiger partial charge in [-0.25, -0.2) is 9.78 Å². The zero-order valence-electron chi connectivity index (χ0n) is 16.3. The molecule has 1 saturated carbocycles. The Bertz CT molecular complexity index is 621. The number of fused-ring (bicyclic) bond motifs is 2. The van der Waals surface area contributed by atoms with E-state index in [2.05, 4.69) is 20.4 Å². The first kappa shape index (κ1) is 19.2. The minimum Gasteiger partial charge on any atom is -0.481 e. The van der Waals surface area contributed by atoms with E-state index in [9.17, 15) is 4.79 Å². The average Bonchev–Trinajstić information content (AvgIpc) is 2.84. The predicted molar refractivity (Wildman–Crippen MR) is 93.9 cm³/mol. The minimum atomic E-state index is -0.872. The van der Waals surface area contributed by atoms with Crippen LogP contribution in [0.4, 0.5) is 0 Å². The van der Waals surface area contributed by atoms with Gasteiger partial charge in [-0.15, -0.1) is 0 Å². The first-order chi connectivity index (χ1) is 12.7. The molecule has 1 aliphatic carbocycles. The molecule has 0 radical (unpaired) electrons. The number of ether oxygens (including phenoxy) is 3. The molecule has 0 aromatic carbocycles. The van der Waals surface area contributed by atoms with Crippen LogP contribution >= 0.6 is 0 Å². The van der Waals surface area contributed by atoms with Crippen LogP contribution in [0.3, 0.4) is 0 Å². The van der Waals surface area contributed by atoms with Crippen LogP contribution in [0, 0.1) is 23.7 Å². The van der Waals surface area contributed by atoms with Crippen molar-refractivity contribution in [2.45, 2.75) is 83.3 Å². The maximum atomic E-state index is 10.8. The molecule has 7 nitrogen and oxygen atoms in total. The molecule has 8 atom stereocenters. The van der Waals surface area contributed by atoms with Gasteiger partial charge in [-0.2, -0.15) is 0 Å². The predicted octanol–water partition coefficient (Wildman–Crippen LogP) is 3.59. The summed E-state index contributed by atoms with van der Waals surface area (Å²) in [6.07, 6.45) is 3.02. The number of hydrogen-bond donors (Lipinski definition) is 1. The zero-order chi connectivity index (χ0) is 19.4. The van der Waals surface area contributed by atoms with E-state index in [1.54, 1.807) is 0 Å². The van der Waals surface area contributed by atoms with E-state index in [4.69, 9.17) is 29.1 Å². The molecule has 0 amide bonds. The Hall–Kier alpha value is -1.15. The van der Waals surface area contributed by atoms with Crippen molar-refractivity contribution in [2.24, 2.45) is 23.7 Å². The monoisotopic (exact) mass is 382 g/mol. The van der Waals surface area contributed by atoms with E-state index in [-0.39, 0.29) is 24.7 Å². The first-order valence-electron chi connectivity index (χ1n) is 10.0. The summed E-state index contributed by atoms with van der Waals surface area (Å²) in [4.78, 5) is 22.7. The Morgan fingerprint density at radius 1 is 1.19 bits per heavy atom. The van der Waals surface area contributed by atoms with Gasteiger partial charge in [0.15, 0.2) is 11.9 Å². The lowest BCUT2D eigenvalue weighted by atomic mass is 9.58. The molecule has 5 aliphatic rings. The molecule has 0 aromatic rings. The van der Waals surface area contributed by atoms with Crippen molar-refractivity contribution in [3.8, 4) is 0 Å². The number of allylic oxidation sites excluding steroid dienone is 1. The second kappa shape index (κ2) is 6.72. The number of rotatable bonds is 5. The van der Waals surface area contributed by atoms with Gasteiger partial charge in [0.05, 0.1) is 12.2 Å². The van der Waals surface area contributed by atoms with Crippen LogP contribution in [-0.2, 0) is 28.8 Å². The SMILES string of the molecule is C=C(CCC(=O)O)O[C@@H]1O[C@@H]2O[C@]3(C)CC[C@H]4[C@H](C)CC[C@@H]([C@H]1C)[C@@]24OO3. The molecule has 152 valence electrons. The highest BCUT2D eigenvalue weighted by Gasteiger charge is 2.69. The van der Waals surface area contributed by atoms with Gasteiger partial charge >= 0.3 is 5.97 Å². The van der Waals surface area contributed by atoms with Crippen LogP contribution in [0.15, 0.2) is 12.3 Å². The number of hydrogen-bond acceptors (Lipinski definition) is 6. The summed E-state index contributed by atoms with van der Waals surface area (Å²) in [7, 11) is 0. The van der Waals surface area contributed by atoms with E-state index < -0.39 is 29.9 Å². The van der Waals surface area contributed by atoms with E-state index in [1.807, 2.05) is 6.92 Å². The molecule has 4 saturated heterocycles. The highest BCUT2D eigenvalue weighted by atomic mass is 17.3. The van der Waals surface area contributed by atoms with Crippen molar-refractivity contribution in [2.75, 3.05) is 0 Å². The standard InChI is InChI=1S/C20H30O7/c1-11-5-7-15-13(3)17(23-12(2)6-8-16(21)22)24-18-20(15)14(11)9-10-19(4,25-18)26-27-20/h11,13-15,17-18H,2,5-10H2,1,3-4H3,(H,21,22)/t11-,13-,14+,15+,17-,18-,19+,20-/m1/s1. The minimum absolute atomic E-state index is 0.0121. The van der Waals surface area contributed by atoms with Crippen LogP contribution in [0.1, 0.15) is 59.3 Å². The van der Waals surface area contributed by atoms with Crippen molar-refractivity contribution in [3.63, 3.8) is 0 Å². The third-order valence-electron chi connectivity index (χ3n) is 7.00. The van der Waals surface area contributed by atoms with Crippen LogP contribution in [0.2, 0.25) is 0 Å². The summed E-state index contributed by atoms with van der Waals surface area (Å²) in [6, 6.07) is 0. The third kappa shape index (κ3) is 3.09. The summed E-state index contributed by atoms with van der Waals surface area (Å²) in [5.74, 6) is -0.219. The molecule has 27 heavy (non-hydrogen) atoms.